The van der Waals surface area contributed by atoms with Crippen LogP contribution in [0, 0.1) is 17.3 Å². The normalized spacial score (nSPS) is 25.7. The molecule has 1 aliphatic rings. The minimum absolute atomic E-state index is 0.513. The summed E-state index contributed by atoms with van der Waals surface area (Å²) < 4.78 is 0. The summed E-state index contributed by atoms with van der Waals surface area (Å²) in [4.78, 5) is 0. The fourth-order valence-corrected chi connectivity index (χ4v) is 2.99. The number of hydrogen-bond acceptors (Lipinski definition) is 2. The molecule has 0 aromatic rings. The first-order valence-electron chi connectivity index (χ1n) is 7.83. The van der Waals surface area contributed by atoms with Gasteiger partial charge in [0.15, 0.2) is 0 Å². The van der Waals surface area contributed by atoms with Crippen LogP contribution in [-0.4, -0.2) is 25.7 Å². The van der Waals surface area contributed by atoms with Crippen LogP contribution in [0.2, 0.25) is 0 Å². The molecule has 0 aliphatic heterocycles. The van der Waals surface area contributed by atoms with Crippen molar-refractivity contribution in [3.05, 3.63) is 0 Å². The second-order valence-electron chi connectivity index (χ2n) is 7.40. The Morgan fingerprint density at radius 2 is 1.61 bits per heavy atom. The van der Waals surface area contributed by atoms with Crippen molar-refractivity contribution in [2.45, 2.75) is 66.3 Å². The molecule has 0 atom stereocenters. The summed E-state index contributed by atoms with van der Waals surface area (Å²) in [6.45, 7) is 15.0. The highest BCUT2D eigenvalue weighted by Crippen LogP contribution is 2.39. The summed E-state index contributed by atoms with van der Waals surface area (Å²) in [5.74, 6) is 1.86. The van der Waals surface area contributed by atoms with Crippen LogP contribution >= 0.6 is 0 Å². The highest BCUT2D eigenvalue weighted by Gasteiger charge is 2.29. The highest BCUT2D eigenvalue weighted by atomic mass is 15.0. The van der Waals surface area contributed by atoms with Gasteiger partial charge in [0.25, 0.3) is 0 Å². The molecule has 0 bridgehead atoms. The maximum Gasteiger partial charge on any atom is 0.00790 e. The van der Waals surface area contributed by atoms with Crippen LogP contribution in [0.15, 0.2) is 0 Å². The zero-order valence-electron chi connectivity index (χ0n) is 13.2. The van der Waals surface area contributed by atoms with Crippen molar-refractivity contribution in [3.8, 4) is 0 Å². The van der Waals surface area contributed by atoms with Gasteiger partial charge in [0, 0.05) is 19.1 Å². The molecule has 1 aliphatic carbocycles. The van der Waals surface area contributed by atoms with E-state index in [1.54, 1.807) is 0 Å². The van der Waals surface area contributed by atoms with Crippen LogP contribution < -0.4 is 10.6 Å². The Morgan fingerprint density at radius 1 is 1.00 bits per heavy atom. The van der Waals surface area contributed by atoms with Gasteiger partial charge in [0.2, 0.25) is 0 Å². The molecule has 0 heterocycles. The third kappa shape index (κ3) is 6.19. The minimum atomic E-state index is 0.513. The first-order valence-corrected chi connectivity index (χ1v) is 7.83. The maximum absolute atomic E-state index is 3.60. The molecule has 0 aromatic heterocycles. The first-order chi connectivity index (χ1) is 8.39. The average Bonchev–Trinajstić information content (AvgIpc) is 2.27. The Kier molecular flexibility index (Phi) is 6.65. The lowest BCUT2D eigenvalue weighted by Gasteiger charge is -2.37. The summed E-state index contributed by atoms with van der Waals surface area (Å²) in [7, 11) is 0. The quantitative estimate of drug-likeness (QED) is 0.710. The molecular formula is C16H34N2. The van der Waals surface area contributed by atoms with E-state index in [2.05, 4.69) is 45.3 Å². The third-order valence-electron chi connectivity index (χ3n) is 4.36. The lowest BCUT2D eigenvalue weighted by Crippen LogP contribution is -2.35. The van der Waals surface area contributed by atoms with E-state index in [4.69, 9.17) is 0 Å². The first kappa shape index (κ1) is 16.0. The lowest BCUT2D eigenvalue weighted by molar-refractivity contribution is 0.149. The zero-order valence-corrected chi connectivity index (χ0v) is 13.2. The van der Waals surface area contributed by atoms with Gasteiger partial charge in [-0.2, -0.15) is 0 Å². The molecule has 0 radical (unpaired) electrons. The Hall–Kier alpha value is -0.0800. The molecule has 18 heavy (non-hydrogen) atoms. The van der Waals surface area contributed by atoms with Gasteiger partial charge in [0.05, 0.1) is 0 Å². The molecule has 1 rings (SSSR count). The summed E-state index contributed by atoms with van der Waals surface area (Å²) in [6, 6.07) is 0.606. The van der Waals surface area contributed by atoms with Crippen molar-refractivity contribution < 1.29 is 0 Å². The average molecular weight is 254 g/mol. The van der Waals surface area contributed by atoms with E-state index >= 15 is 0 Å². The molecular weight excluding hydrogens is 220 g/mol. The molecule has 0 spiro atoms. The molecule has 2 N–H and O–H groups in total. The van der Waals surface area contributed by atoms with E-state index in [1.807, 2.05) is 0 Å². The van der Waals surface area contributed by atoms with Gasteiger partial charge in [-0.15, -0.1) is 0 Å². The van der Waals surface area contributed by atoms with Crippen LogP contribution in [0.25, 0.3) is 0 Å². The van der Waals surface area contributed by atoms with Crippen molar-refractivity contribution >= 4 is 0 Å². The third-order valence-corrected chi connectivity index (χ3v) is 4.36. The Morgan fingerprint density at radius 3 is 2.11 bits per heavy atom. The van der Waals surface area contributed by atoms with Gasteiger partial charge >= 0.3 is 0 Å². The van der Waals surface area contributed by atoms with E-state index in [0.29, 0.717) is 11.5 Å². The summed E-state index contributed by atoms with van der Waals surface area (Å²) in [5, 5.41) is 7.05. The van der Waals surface area contributed by atoms with Crippen LogP contribution in [0.1, 0.15) is 60.3 Å². The fraction of sp³-hybridized carbons (Fsp3) is 1.00. The molecule has 0 unspecified atom stereocenters. The predicted molar refractivity (Wildman–Crippen MR) is 80.9 cm³/mol. The van der Waals surface area contributed by atoms with E-state index in [9.17, 15) is 0 Å². The number of hydrogen-bond donors (Lipinski definition) is 2. The molecule has 0 amide bonds. The van der Waals surface area contributed by atoms with Crippen molar-refractivity contribution in [1.82, 2.24) is 10.6 Å². The smallest absolute Gasteiger partial charge is 0.00790 e. The van der Waals surface area contributed by atoms with E-state index in [0.717, 1.165) is 24.9 Å². The van der Waals surface area contributed by atoms with Gasteiger partial charge in [0.1, 0.15) is 0 Å². The van der Waals surface area contributed by atoms with Crippen LogP contribution in [0.4, 0.5) is 0 Å². The second kappa shape index (κ2) is 7.49. The van der Waals surface area contributed by atoms with Gasteiger partial charge in [-0.05, 0) is 49.5 Å². The molecule has 0 aromatic carbocycles. The van der Waals surface area contributed by atoms with Gasteiger partial charge < -0.3 is 10.6 Å². The van der Waals surface area contributed by atoms with Crippen molar-refractivity contribution in [1.29, 1.82) is 0 Å². The summed E-state index contributed by atoms with van der Waals surface area (Å²) in [6.07, 6.45) is 5.71. The monoisotopic (exact) mass is 254 g/mol. The molecule has 1 saturated carbocycles. The van der Waals surface area contributed by atoms with E-state index in [1.165, 1.54) is 32.2 Å². The number of rotatable bonds is 6. The predicted octanol–water partition coefficient (Wildman–Crippen LogP) is 3.43. The molecule has 108 valence electrons. The van der Waals surface area contributed by atoms with E-state index < -0.39 is 0 Å². The van der Waals surface area contributed by atoms with Gasteiger partial charge in [-0.25, -0.2) is 0 Å². The number of nitrogens with one attached hydrogen (secondary N) is 2. The van der Waals surface area contributed by atoms with Crippen molar-refractivity contribution in [2.75, 3.05) is 19.6 Å². The van der Waals surface area contributed by atoms with Crippen LogP contribution in [0.5, 0.6) is 0 Å². The molecule has 2 heteroatoms. The Balaban J connectivity index is 2.06. The topological polar surface area (TPSA) is 24.1 Å². The minimum Gasteiger partial charge on any atom is -0.315 e. The van der Waals surface area contributed by atoms with E-state index in [-0.39, 0.29) is 0 Å². The van der Waals surface area contributed by atoms with Crippen LogP contribution in [0.3, 0.4) is 0 Å². The Labute approximate surface area is 114 Å². The van der Waals surface area contributed by atoms with Crippen molar-refractivity contribution in [3.63, 3.8) is 0 Å². The molecule has 2 nitrogen and oxygen atoms in total. The van der Waals surface area contributed by atoms with Gasteiger partial charge in [-0.3, -0.25) is 0 Å². The van der Waals surface area contributed by atoms with Gasteiger partial charge in [-0.1, -0.05) is 34.6 Å². The molecule has 0 saturated heterocycles. The van der Waals surface area contributed by atoms with Crippen molar-refractivity contribution in [2.24, 2.45) is 17.3 Å². The SMILES string of the molecule is CC(C)NCCNCC1CCC(C(C)(C)C)CC1. The van der Waals surface area contributed by atoms with Crippen LogP contribution in [-0.2, 0) is 0 Å². The largest absolute Gasteiger partial charge is 0.315 e. The zero-order chi connectivity index (χ0) is 13.6. The maximum atomic E-state index is 3.60. The summed E-state index contributed by atoms with van der Waals surface area (Å²) in [5.41, 5.74) is 0.513. The summed E-state index contributed by atoms with van der Waals surface area (Å²) >= 11 is 0. The second-order valence-corrected chi connectivity index (χ2v) is 7.40. The lowest BCUT2D eigenvalue weighted by atomic mass is 9.70. The standard InChI is InChI=1S/C16H34N2/c1-13(2)18-11-10-17-12-14-6-8-15(9-7-14)16(3,4)5/h13-15,17-18H,6-12H2,1-5H3. The highest BCUT2D eigenvalue weighted by molar-refractivity contribution is 4.81. The molecule has 1 fully saturated rings. The Bertz CT molecular complexity index is 210. The fourth-order valence-electron chi connectivity index (χ4n) is 2.99.